The van der Waals surface area contributed by atoms with Crippen molar-refractivity contribution in [1.82, 2.24) is 0 Å². The van der Waals surface area contributed by atoms with E-state index in [1.54, 1.807) is 24.3 Å². The lowest BCUT2D eigenvalue weighted by atomic mass is 10.3. The maximum Gasteiger partial charge on any atom is 0.362 e. The van der Waals surface area contributed by atoms with Crippen LogP contribution in [0.15, 0.2) is 52.0 Å². The summed E-state index contributed by atoms with van der Waals surface area (Å²) in [6, 6.07) is 8.83. The number of methoxy groups -OCH3 is 2. The lowest BCUT2D eigenvalue weighted by Gasteiger charge is -2.02. The van der Waals surface area contributed by atoms with Crippen molar-refractivity contribution >= 4 is 11.7 Å². The minimum absolute atomic E-state index is 0.141. The summed E-state index contributed by atoms with van der Waals surface area (Å²) in [6.07, 6.45) is 0. The molecule has 18 heavy (non-hydrogen) atoms. The molecule has 1 aromatic rings. The predicted molar refractivity (Wildman–Crippen MR) is 64.5 cm³/mol. The average molecular weight is 250 g/mol. The quantitative estimate of drug-likeness (QED) is 0.376. The first kappa shape index (κ1) is 13.9. The Balaban J connectivity index is 2.96. The highest BCUT2D eigenvalue weighted by Crippen LogP contribution is 2.14. The van der Waals surface area contributed by atoms with Crippen LogP contribution in [-0.2, 0) is 14.3 Å². The molecular formula is C12H14N2O4. The topological polar surface area (TPSA) is 80.5 Å². The number of aliphatic hydroxyl groups excluding tert-OH is 1. The van der Waals surface area contributed by atoms with Gasteiger partial charge in [-0.05, 0) is 12.1 Å². The minimum Gasteiger partial charge on any atom is -0.507 e. The van der Waals surface area contributed by atoms with Crippen LogP contribution in [0, 0.1) is 0 Å². The summed E-state index contributed by atoms with van der Waals surface area (Å²) in [5, 5.41) is 17.1. The first-order valence-corrected chi connectivity index (χ1v) is 5.15. The van der Waals surface area contributed by atoms with Gasteiger partial charge in [0.2, 0.25) is 5.70 Å². The molecule has 0 fully saturated rings. The van der Waals surface area contributed by atoms with Gasteiger partial charge in [0, 0.05) is 7.11 Å². The van der Waals surface area contributed by atoms with Crippen LogP contribution in [-0.4, -0.2) is 31.9 Å². The van der Waals surface area contributed by atoms with E-state index in [1.807, 2.05) is 6.07 Å². The number of carbonyl (C=O) groups is 1. The fourth-order valence-electron chi connectivity index (χ4n) is 1.12. The Morgan fingerprint density at radius 1 is 1.28 bits per heavy atom. The van der Waals surface area contributed by atoms with Gasteiger partial charge in [0.1, 0.15) is 6.61 Å². The fourth-order valence-corrected chi connectivity index (χ4v) is 1.12. The number of carbonyl (C=O) groups excluding carboxylic acids is 1. The van der Waals surface area contributed by atoms with E-state index in [9.17, 15) is 9.90 Å². The number of ether oxygens (including phenoxy) is 2. The zero-order valence-corrected chi connectivity index (χ0v) is 10.2. The summed E-state index contributed by atoms with van der Waals surface area (Å²) >= 11 is 0. The van der Waals surface area contributed by atoms with Gasteiger partial charge in [-0.1, -0.05) is 18.2 Å². The number of aliphatic hydroxyl groups is 1. The summed E-state index contributed by atoms with van der Waals surface area (Å²) in [4.78, 5) is 11.4. The number of nitrogens with zero attached hydrogens (tertiary/aromatic N) is 2. The van der Waals surface area contributed by atoms with E-state index in [1.165, 1.54) is 14.2 Å². The molecular weight excluding hydrogens is 236 g/mol. The zero-order chi connectivity index (χ0) is 13.4. The predicted octanol–water partition coefficient (Wildman–Crippen LogP) is 2.36. The molecule has 0 aliphatic heterocycles. The smallest absolute Gasteiger partial charge is 0.362 e. The van der Waals surface area contributed by atoms with Crippen LogP contribution >= 0.6 is 0 Å². The summed E-state index contributed by atoms with van der Waals surface area (Å²) in [5.74, 6) is -1.10. The summed E-state index contributed by atoms with van der Waals surface area (Å²) < 4.78 is 9.22. The van der Waals surface area contributed by atoms with Crippen molar-refractivity contribution in [3.05, 3.63) is 41.8 Å². The second-order valence-electron chi connectivity index (χ2n) is 3.26. The van der Waals surface area contributed by atoms with Gasteiger partial charge in [-0.2, -0.15) is 5.11 Å². The summed E-state index contributed by atoms with van der Waals surface area (Å²) in [5.41, 5.74) is 0.285. The van der Waals surface area contributed by atoms with Gasteiger partial charge in [-0.15, -0.1) is 5.11 Å². The van der Waals surface area contributed by atoms with Crippen LogP contribution < -0.4 is 0 Å². The van der Waals surface area contributed by atoms with E-state index in [0.29, 0.717) is 5.69 Å². The van der Waals surface area contributed by atoms with Crippen molar-refractivity contribution < 1.29 is 19.4 Å². The number of rotatable bonds is 5. The minimum atomic E-state index is -0.774. The van der Waals surface area contributed by atoms with Crippen molar-refractivity contribution in [1.29, 1.82) is 0 Å². The molecule has 0 heterocycles. The molecule has 0 aliphatic carbocycles. The first-order chi connectivity index (χ1) is 8.69. The molecule has 1 N–H and O–H groups in total. The molecule has 0 amide bonds. The standard InChI is InChI=1S/C12H14N2O4/c1-17-8-10(15)11(12(16)18-2)14-13-9-6-4-3-5-7-9/h3-7,15H,8H2,1-2H3/b11-10-,14-13?. The van der Waals surface area contributed by atoms with Crippen LogP contribution in [0.25, 0.3) is 0 Å². The molecule has 0 bridgehead atoms. The van der Waals surface area contributed by atoms with E-state index in [4.69, 9.17) is 4.74 Å². The third kappa shape index (κ3) is 3.99. The van der Waals surface area contributed by atoms with Crippen LogP contribution in [0.1, 0.15) is 0 Å². The Kier molecular flexibility index (Phi) is 5.53. The highest BCUT2D eigenvalue weighted by Gasteiger charge is 2.15. The largest absolute Gasteiger partial charge is 0.507 e. The molecule has 0 saturated carbocycles. The van der Waals surface area contributed by atoms with Gasteiger partial charge in [-0.3, -0.25) is 0 Å². The first-order valence-electron chi connectivity index (χ1n) is 5.15. The van der Waals surface area contributed by atoms with Gasteiger partial charge in [0.05, 0.1) is 12.8 Å². The molecule has 0 atom stereocenters. The summed E-state index contributed by atoms with van der Waals surface area (Å²) in [6.45, 7) is -0.141. The van der Waals surface area contributed by atoms with Crippen molar-refractivity contribution in [2.75, 3.05) is 20.8 Å². The number of azo groups is 1. The molecule has 96 valence electrons. The maximum atomic E-state index is 11.4. The van der Waals surface area contributed by atoms with Crippen LogP contribution in [0.4, 0.5) is 5.69 Å². The zero-order valence-electron chi connectivity index (χ0n) is 10.2. The third-order valence-electron chi connectivity index (χ3n) is 1.95. The molecule has 1 aromatic carbocycles. The monoisotopic (exact) mass is 250 g/mol. The van der Waals surface area contributed by atoms with Gasteiger partial charge >= 0.3 is 5.97 Å². The normalized spacial score (nSPS) is 12.3. The van der Waals surface area contributed by atoms with Crippen molar-refractivity contribution in [2.45, 2.75) is 0 Å². The van der Waals surface area contributed by atoms with Crippen LogP contribution in [0.2, 0.25) is 0 Å². The second kappa shape index (κ2) is 7.18. The highest BCUT2D eigenvalue weighted by atomic mass is 16.5. The van der Waals surface area contributed by atoms with E-state index >= 15 is 0 Å². The van der Waals surface area contributed by atoms with E-state index in [-0.39, 0.29) is 18.1 Å². The SMILES string of the molecule is COC/C(O)=C(/N=Nc1ccccc1)C(=O)OC. The van der Waals surface area contributed by atoms with Crippen LogP contribution in [0.5, 0.6) is 0 Å². The molecule has 0 aromatic heterocycles. The van der Waals surface area contributed by atoms with Crippen molar-refractivity contribution in [3.63, 3.8) is 0 Å². The molecule has 0 radical (unpaired) electrons. The van der Waals surface area contributed by atoms with Gasteiger partial charge in [0.25, 0.3) is 0 Å². The fraction of sp³-hybridized carbons (Fsp3) is 0.250. The second-order valence-corrected chi connectivity index (χ2v) is 3.26. The summed E-state index contributed by atoms with van der Waals surface area (Å²) in [7, 11) is 2.58. The molecule has 0 aliphatic rings. The Morgan fingerprint density at radius 3 is 2.50 bits per heavy atom. The average Bonchev–Trinajstić information content (AvgIpc) is 2.40. The molecule has 6 heteroatoms. The molecule has 0 unspecified atom stereocenters. The lowest BCUT2D eigenvalue weighted by molar-refractivity contribution is -0.136. The van der Waals surface area contributed by atoms with Gasteiger partial charge in [0.15, 0.2) is 5.76 Å². The lowest BCUT2D eigenvalue weighted by Crippen LogP contribution is -2.08. The van der Waals surface area contributed by atoms with E-state index < -0.39 is 5.97 Å². The molecule has 0 spiro atoms. The Hall–Kier alpha value is -2.21. The molecule has 0 saturated heterocycles. The Morgan fingerprint density at radius 2 is 1.94 bits per heavy atom. The molecule has 6 nitrogen and oxygen atoms in total. The Labute approximate surface area is 105 Å². The maximum absolute atomic E-state index is 11.4. The van der Waals surface area contributed by atoms with Gasteiger partial charge < -0.3 is 14.6 Å². The number of hydrogen-bond acceptors (Lipinski definition) is 6. The van der Waals surface area contributed by atoms with E-state index in [2.05, 4.69) is 15.0 Å². The molecule has 1 rings (SSSR count). The van der Waals surface area contributed by atoms with Crippen molar-refractivity contribution in [2.24, 2.45) is 10.2 Å². The third-order valence-corrected chi connectivity index (χ3v) is 1.95. The highest BCUT2D eigenvalue weighted by molar-refractivity contribution is 5.88. The van der Waals surface area contributed by atoms with E-state index in [0.717, 1.165) is 0 Å². The van der Waals surface area contributed by atoms with Crippen molar-refractivity contribution in [3.8, 4) is 0 Å². The number of hydrogen-bond donors (Lipinski definition) is 1. The number of esters is 1. The Bertz CT molecular complexity index is 454. The van der Waals surface area contributed by atoms with Gasteiger partial charge in [-0.25, -0.2) is 4.79 Å². The number of benzene rings is 1. The van der Waals surface area contributed by atoms with Crippen LogP contribution in [0.3, 0.4) is 0 Å².